The Morgan fingerprint density at radius 1 is 1.28 bits per heavy atom. The molecule has 1 atom stereocenters. The molecule has 8 heteroatoms. The van der Waals surface area contributed by atoms with Crippen molar-refractivity contribution in [2.75, 3.05) is 25.0 Å². The maximum atomic E-state index is 13.1. The van der Waals surface area contributed by atoms with E-state index in [-0.39, 0.29) is 18.2 Å². The number of aromatic nitrogens is 2. The van der Waals surface area contributed by atoms with Crippen LogP contribution in [0.3, 0.4) is 0 Å². The third-order valence-corrected chi connectivity index (χ3v) is 4.26. The predicted molar refractivity (Wildman–Crippen MR) is 91.1 cm³/mol. The lowest BCUT2D eigenvalue weighted by Gasteiger charge is -2.15. The Morgan fingerprint density at radius 3 is 2.88 bits per heavy atom. The van der Waals surface area contributed by atoms with Crippen molar-refractivity contribution in [3.05, 3.63) is 62.7 Å². The Bertz CT molecular complexity index is 848. The van der Waals surface area contributed by atoms with Crippen molar-refractivity contribution < 1.29 is 9.18 Å². The highest BCUT2D eigenvalue weighted by Crippen LogP contribution is 2.24. The van der Waals surface area contributed by atoms with Gasteiger partial charge < -0.3 is 15.2 Å². The first kappa shape index (κ1) is 17.1. The number of H-pyrrole nitrogens is 2. The summed E-state index contributed by atoms with van der Waals surface area (Å²) in [5, 5.41) is 2.67. The maximum Gasteiger partial charge on any atom is 0.325 e. The van der Waals surface area contributed by atoms with Gasteiger partial charge in [-0.1, -0.05) is 6.07 Å². The molecule has 1 aliphatic rings. The lowest BCUT2D eigenvalue weighted by Crippen LogP contribution is -2.27. The number of benzene rings is 1. The van der Waals surface area contributed by atoms with Gasteiger partial charge >= 0.3 is 5.69 Å². The van der Waals surface area contributed by atoms with Gasteiger partial charge in [-0.2, -0.15) is 0 Å². The quantitative estimate of drug-likeness (QED) is 0.753. The minimum Gasteiger partial charge on any atom is -0.326 e. The van der Waals surface area contributed by atoms with E-state index in [1.807, 2.05) is 0 Å². The van der Waals surface area contributed by atoms with Crippen LogP contribution >= 0.6 is 0 Å². The second-order valence-electron chi connectivity index (χ2n) is 6.14. The predicted octanol–water partition coefficient (Wildman–Crippen LogP) is 1.02. The molecule has 0 aliphatic carbocycles. The van der Waals surface area contributed by atoms with E-state index in [9.17, 15) is 18.8 Å². The maximum absolute atomic E-state index is 13.1. The van der Waals surface area contributed by atoms with Crippen LogP contribution in [-0.2, 0) is 4.79 Å². The summed E-state index contributed by atoms with van der Waals surface area (Å²) in [5.74, 6) is -0.507. The SMILES string of the molecule is O=C(CCN1CCC(c2cc(=O)[nH]c(=O)[nH]2)C1)Nc1cccc(F)c1. The van der Waals surface area contributed by atoms with Crippen LogP contribution in [-0.4, -0.2) is 40.4 Å². The molecule has 0 radical (unpaired) electrons. The van der Waals surface area contributed by atoms with E-state index in [0.717, 1.165) is 13.0 Å². The summed E-state index contributed by atoms with van der Waals surface area (Å²) >= 11 is 0. The van der Waals surface area contributed by atoms with Crippen LogP contribution in [0.15, 0.2) is 39.9 Å². The van der Waals surface area contributed by atoms with Gasteiger partial charge in [-0.05, 0) is 31.2 Å². The lowest BCUT2D eigenvalue weighted by atomic mass is 10.1. The number of hydrogen-bond donors (Lipinski definition) is 3. The van der Waals surface area contributed by atoms with Crippen LogP contribution in [0.25, 0.3) is 0 Å². The van der Waals surface area contributed by atoms with Gasteiger partial charge in [-0.15, -0.1) is 0 Å². The van der Waals surface area contributed by atoms with Gasteiger partial charge in [0.05, 0.1) is 0 Å². The lowest BCUT2D eigenvalue weighted by molar-refractivity contribution is -0.116. The number of carbonyl (C=O) groups excluding carboxylic acids is 1. The molecule has 1 fully saturated rings. The smallest absolute Gasteiger partial charge is 0.325 e. The van der Waals surface area contributed by atoms with Gasteiger partial charge in [-0.25, -0.2) is 9.18 Å². The fraction of sp³-hybridized carbons (Fsp3) is 0.353. The van der Waals surface area contributed by atoms with E-state index < -0.39 is 17.1 Å². The average Bonchev–Trinajstić information content (AvgIpc) is 3.01. The van der Waals surface area contributed by atoms with Crippen molar-refractivity contribution in [3.63, 3.8) is 0 Å². The van der Waals surface area contributed by atoms with Gasteiger partial charge in [0.1, 0.15) is 5.82 Å². The molecule has 0 saturated carbocycles. The van der Waals surface area contributed by atoms with Gasteiger partial charge in [0.15, 0.2) is 0 Å². The standard InChI is InChI=1S/C17H19FN4O3/c18-12-2-1-3-13(8-12)19-15(23)5-7-22-6-4-11(10-22)14-9-16(24)21-17(25)20-14/h1-3,8-9,11H,4-7,10H2,(H,19,23)(H2,20,21,24,25). The number of nitrogens with one attached hydrogen (secondary N) is 3. The molecule has 3 rings (SSSR count). The Labute approximate surface area is 142 Å². The first-order valence-electron chi connectivity index (χ1n) is 8.11. The van der Waals surface area contributed by atoms with Crippen LogP contribution in [0.4, 0.5) is 10.1 Å². The van der Waals surface area contributed by atoms with Gasteiger partial charge in [-0.3, -0.25) is 14.6 Å². The molecule has 1 unspecified atom stereocenters. The number of nitrogens with zero attached hydrogens (tertiary/aromatic N) is 1. The summed E-state index contributed by atoms with van der Waals surface area (Å²) < 4.78 is 13.1. The molecule has 1 aromatic heterocycles. The van der Waals surface area contributed by atoms with Crippen LogP contribution in [0.1, 0.15) is 24.5 Å². The van der Waals surface area contributed by atoms with Crippen LogP contribution in [0, 0.1) is 5.82 Å². The summed E-state index contributed by atoms with van der Waals surface area (Å²) in [6.07, 6.45) is 1.10. The van der Waals surface area contributed by atoms with Crippen molar-refractivity contribution >= 4 is 11.6 Å². The number of likely N-dealkylation sites (tertiary alicyclic amines) is 1. The van der Waals surface area contributed by atoms with E-state index in [1.165, 1.54) is 18.2 Å². The number of amides is 1. The number of hydrogen-bond acceptors (Lipinski definition) is 4. The number of carbonyl (C=O) groups is 1. The summed E-state index contributed by atoms with van der Waals surface area (Å²) in [6, 6.07) is 7.17. The summed E-state index contributed by atoms with van der Waals surface area (Å²) in [4.78, 5) is 41.6. The fourth-order valence-electron chi connectivity index (χ4n) is 3.05. The van der Waals surface area contributed by atoms with Crippen molar-refractivity contribution in [2.24, 2.45) is 0 Å². The second kappa shape index (κ2) is 7.43. The van der Waals surface area contributed by atoms with Crippen LogP contribution in [0.2, 0.25) is 0 Å². The highest BCUT2D eigenvalue weighted by Gasteiger charge is 2.25. The zero-order valence-corrected chi connectivity index (χ0v) is 13.5. The topological polar surface area (TPSA) is 98.1 Å². The van der Waals surface area contributed by atoms with Gasteiger partial charge in [0.25, 0.3) is 5.56 Å². The molecule has 7 nitrogen and oxygen atoms in total. The molecular weight excluding hydrogens is 327 g/mol. The van der Waals surface area contributed by atoms with Crippen LogP contribution < -0.4 is 16.6 Å². The third kappa shape index (κ3) is 4.63. The first-order valence-corrected chi connectivity index (χ1v) is 8.11. The van der Waals surface area contributed by atoms with Gasteiger partial charge in [0.2, 0.25) is 5.91 Å². The molecule has 2 heterocycles. The number of halogens is 1. The molecule has 132 valence electrons. The molecule has 1 saturated heterocycles. The minimum absolute atomic E-state index is 0.0706. The number of rotatable bonds is 5. The molecule has 2 aromatic rings. The molecule has 1 aromatic carbocycles. The van der Waals surface area contributed by atoms with E-state index in [0.29, 0.717) is 24.5 Å². The summed E-state index contributed by atoms with van der Waals surface area (Å²) in [6.45, 7) is 2.02. The molecule has 0 spiro atoms. The molecule has 1 aliphatic heterocycles. The Balaban J connectivity index is 1.50. The molecular formula is C17H19FN4O3. The molecule has 3 N–H and O–H groups in total. The number of anilines is 1. The van der Waals surface area contributed by atoms with Gasteiger partial charge in [0, 0.05) is 42.9 Å². The fourth-order valence-corrected chi connectivity index (χ4v) is 3.05. The summed E-state index contributed by atoms with van der Waals surface area (Å²) in [5.41, 5.74) is 0.146. The van der Waals surface area contributed by atoms with Crippen molar-refractivity contribution in [2.45, 2.75) is 18.8 Å². The number of aromatic amines is 2. The minimum atomic E-state index is -0.504. The molecule has 25 heavy (non-hydrogen) atoms. The van der Waals surface area contributed by atoms with E-state index in [2.05, 4.69) is 20.2 Å². The molecule has 1 amide bonds. The monoisotopic (exact) mass is 346 g/mol. The Hall–Kier alpha value is -2.74. The largest absolute Gasteiger partial charge is 0.326 e. The highest BCUT2D eigenvalue weighted by molar-refractivity contribution is 5.90. The van der Waals surface area contributed by atoms with E-state index in [4.69, 9.17) is 0 Å². The molecule has 0 bridgehead atoms. The zero-order chi connectivity index (χ0) is 17.8. The third-order valence-electron chi connectivity index (χ3n) is 4.26. The second-order valence-corrected chi connectivity index (χ2v) is 6.14. The van der Waals surface area contributed by atoms with Crippen molar-refractivity contribution in [1.82, 2.24) is 14.9 Å². The average molecular weight is 346 g/mol. The van der Waals surface area contributed by atoms with Crippen molar-refractivity contribution in [1.29, 1.82) is 0 Å². The van der Waals surface area contributed by atoms with Crippen LogP contribution in [0.5, 0.6) is 0 Å². The highest BCUT2D eigenvalue weighted by atomic mass is 19.1. The van der Waals surface area contributed by atoms with Crippen molar-refractivity contribution in [3.8, 4) is 0 Å². The van der Waals surface area contributed by atoms with E-state index >= 15 is 0 Å². The Kier molecular flexibility index (Phi) is 5.08. The first-order chi connectivity index (χ1) is 12.0. The Morgan fingerprint density at radius 2 is 2.12 bits per heavy atom. The zero-order valence-electron chi connectivity index (χ0n) is 13.5. The van der Waals surface area contributed by atoms with E-state index in [1.54, 1.807) is 12.1 Å². The normalized spacial score (nSPS) is 17.6. The summed E-state index contributed by atoms with van der Waals surface area (Å²) in [7, 11) is 0.